The van der Waals surface area contributed by atoms with Crippen LogP contribution >= 0.6 is 0 Å². The van der Waals surface area contributed by atoms with Gasteiger partial charge < -0.3 is 29.6 Å². The Labute approximate surface area is 266 Å². The van der Waals surface area contributed by atoms with Gasteiger partial charge in [-0.15, -0.1) is 0 Å². The van der Waals surface area contributed by atoms with Crippen LogP contribution in [0.25, 0.3) is 12.2 Å². The van der Waals surface area contributed by atoms with E-state index in [1.165, 1.54) is 12.4 Å². The first-order chi connectivity index (χ1) is 22.3. The Bertz CT molecular complexity index is 1640. The van der Waals surface area contributed by atoms with Crippen molar-refractivity contribution in [2.45, 2.75) is 37.8 Å². The van der Waals surface area contributed by atoms with E-state index in [0.29, 0.717) is 48.7 Å². The first-order valence-corrected chi connectivity index (χ1v) is 15.3. The van der Waals surface area contributed by atoms with Crippen molar-refractivity contribution < 1.29 is 19.2 Å². The van der Waals surface area contributed by atoms with Crippen molar-refractivity contribution in [2.75, 3.05) is 23.7 Å². The maximum absolute atomic E-state index is 13.1. The van der Waals surface area contributed by atoms with E-state index in [1.54, 1.807) is 45.7 Å². The fraction of sp³-hybridized carbons (Fsp3) is 0.294. The standard InChI is InChI=1S/C34H36N8O4/c1-39-21-35-19-29(39)33(45)41-17-3-5-27(41)31(43)37-25-13-9-23(10-14-25)7-8-24-11-15-26(16-12-24)38-32(44)28-6-4-18-42(28)34(46)30-20-36-22-40(30)2/h7-16,19-22,27-28H,3-6,17-18H2,1-2H3,(H,37,43)(H,38,44)/t27-,28-/m0/s1. The van der Waals surface area contributed by atoms with Crippen molar-refractivity contribution in [2.24, 2.45) is 14.1 Å². The van der Waals surface area contributed by atoms with Crippen LogP contribution in [-0.4, -0.2) is 77.7 Å². The first kappa shape index (κ1) is 30.5. The van der Waals surface area contributed by atoms with Gasteiger partial charge >= 0.3 is 0 Å². The van der Waals surface area contributed by atoms with Crippen molar-refractivity contribution in [3.8, 4) is 0 Å². The lowest BCUT2D eigenvalue weighted by Crippen LogP contribution is -2.43. The van der Waals surface area contributed by atoms with Gasteiger partial charge in [-0.2, -0.15) is 0 Å². The molecule has 4 amide bonds. The van der Waals surface area contributed by atoms with Crippen LogP contribution in [0.15, 0.2) is 73.6 Å². The summed E-state index contributed by atoms with van der Waals surface area (Å²) in [6.45, 7) is 1.07. The molecular weight excluding hydrogens is 584 g/mol. The number of likely N-dealkylation sites (tertiary alicyclic amines) is 2. The third-order valence-corrected chi connectivity index (χ3v) is 8.53. The molecule has 0 spiro atoms. The quantitative estimate of drug-likeness (QED) is 0.288. The van der Waals surface area contributed by atoms with Gasteiger partial charge in [0.2, 0.25) is 11.8 Å². The molecule has 2 aromatic heterocycles. The predicted octanol–water partition coefficient (Wildman–Crippen LogP) is 3.81. The zero-order valence-electron chi connectivity index (χ0n) is 25.8. The molecule has 0 unspecified atom stereocenters. The number of hydrogen-bond donors (Lipinski definition) is 2. The highest BCUT2D eigenvalue weighted by atomic mass is 16.2. The molecule has 2 atom stereocenters. The van der Waals surface area contributed by atoms with Crippen molar-refractivity contribution in [3.63, 3.8) is 0 Å². The van der Waals surface area contributed by atoms with E-state index in [1.807, 2.05) is 60.7 Å². The third-order valence-electron chi connectivity index (χ3n) is 8.53. The molecule has 6 rings (SSSR count). The molecule has 4 aromatic rings. The van der Waals surface area contributed by atoms with Crippen LogP contribution in [0.4, 0.5) is 11.4 Å². The summed E-state index contributed by atoms with van der Waals surface area (Å²) in [7, 11) is 3.52. The highest BCUT2D eigenvalue weighted by Gasteiger charge is 2.36. The summed E-state index contributed by atoms with van der Waals surface area (Å²) >= 11 is 0. The zero-order chi connectivity index (χ0) is 32.2. The maximum atomic E-state index is 13.1. The second kappa shape index (κ2) is 13.2. The summed E-state index contributed by atoms with van der Waals surface area (Å²) in [5.41, 5.74) is 4.13. The Kier molecular flexibility index (Phi) is 8.77. The van der Waals surface area contributed by atoms with Gasteiger partial charge in [-0.1, -0.05) is 36.4 Å². The Morgan fingerprint density at radius 2 is 1.04 bits per heavy atom. The van der Waals surface area contributed by atoms with E-state index in [0.717, 1.165) is 24.0 Å². The minimum Gasteiger partial charge on any atom is -0.330 e. The van der Waals surface area contributed by atoms with Crippen molar-refractivity contribution in [1.29, 1.82) is 0 Å². The number of carbonyl (C=O) groups is 4. The van der Waals surface area contributed by atoms with Gasteiger partial charge in [0, 0.05) is 38.6 Å². The summed E-state index contributed by atoms with van der Waals surface area (Å²) in [5, 5.41) is 5.90. The summed E-state index contributed by atoms with van der Waals surface area (Å²) < 4.78 is 3.32. The highest BCUT2D eigenvalue weighted by Crippen LogP contribution is 2.24. The van der Waals surface area contributed by atoms with E-state index in [9.17, 15) is 19.2 Å². The number of carbonyl (C=O) groups excluding carboxylic acids is 4. The van der Waals surface area contributed by atoms with Crippen LogP contribution in [0.2, 0.25) is 0 Å². The van der Waals surface area contributed by atoms with Gasteiger partial charge in [0.25, 0.3) is 11.8 Å². The molecule has 2 fully saturated rings. The Balaban J connectivity index is 1.01. The molecule has 12 heteroatoms. The van der Waals surface area contributed by atoms with Crippen LogP contribution < -0.4 is 10.6 Å². The number of nitrogens with one attached hydrogen (secondary N) is 2. The molecule has 0 bridgehead atoms. The maximum Gasteiger partial charge on any atom is 0.272 e. The largest absolute Gasteiger partial charge is 0.330 e. The first-order valence-electron chi connectivity index (χ1n) is 15.3. The lowest BCUT2D eigenvalue weighted by molar-refractivity contribution is -0.120. The van der Waals surface area contributed by atoms with Crippen LogP contribution in [0.3, 0.4) is 0 Å². The Morgan fingerprint density at radius 1 is 0.652 bits per heavy atom. The van der Waals surface area contributed by atoms with E-state index < -0.39 is 12.1 Å². The normalized spacial score (nSPS) is 17.9. The molecule has 2 aliphatic rings. The van der Waals surface area contributed by atoms with Gasteiger partial charge in [0.1, 0.15) is 23.5 Å². The topological polar surface area (TPSA) is 134 Å². The molecule has 2 aromatic carbocycles. The second-order valence-corrected chi connectivity index (χ2v) is 11.6. The van der Waals surface area contributed by atoms with Gasteiger partial charge in [-0.25, -0.2) is 9.97 Å². The molecule has 0 aliphatic carbocycles. The van der Waals surface area contributed by atoms with Crippen LogP contribution in [0.1, 0.15) is 57.8 Å². The SMILES string of the molecule is Cn1cncc1C(=O)N1CCC[C@H]1C(=O)Nc1ccc(C=Cc2ccc(NC(=O)[C@@H]3CCCN3C(=O)c3cncn3C)cc2)cc1. The average molecular weight is 621 g/mol. The monoisotopic (exact) mass is 620 g/mol. The fourth-order valence-corrected chi connectivity index (χ4v) is 5.98. The van der Waals surface area contributed by atoms with E-state index in [-0.39, 0.29) is 23.6 Å². The molecule has 2 N–H and O–H groups in total. The molecule has 236 valence electrons. The number of aryl methyl sites for hydroxylation is 2. The highest BCUT2D eigenvalue weighted by molar-refractivity contribution is 6.02. The number of benzene rings is 2. The van der Waals surface area contributed by atoms with Crippen LogP contribution in [0.5, 0.6) is 0 Å². The molecule has 0 saturated carbocycles. The summed E-state index contributed by atoms with van der Waals surface area (Å²) in [4.78, 5) is 63.4. The second-order valence-electron chi connectivity index (χ2n) is 11.6. The van der Waals surface area contributed by atoms with Gasteiger partial charge in [0.05, 0.1) is 25.0 Å². The van der Waals surface area contributed by atoms with Crippen LogP contribution in [0, 0.1) is 0 Å². The predicted molar refractivity (Wildman–Crippen MR) is 174 cm³/mol. The minimum absolute atomic E-state index is 0.192. The van der Waals surface area contributed by atoms with E-state index in [4.69, 9.17) is 0 Å². The number of hydrogen-bond acceptors (Lipinski definition) is 6. The van der Waals surface area contributed by atoms with E-state index >= 15 is 0 Å². The fourth-order valence-electron chi connectivity index (χ4n) is 5.98. The molecule has 4 heterocycles. The van der Waals surface area contributed by atoms with Gasteiger partial charge in [0.15, 0.2) is 0 Å². The lowest BCUT2D eigenvalue weighted by Gasteiger charge is -2.24. The summed E-state index contributed by atoms with van der Waals surface area (Å²) in [6.07, 6.45) is 12.9. The van der Waals surface area contributed by atoms with E-state index in [2.05, 4.69) is 20.6 Å². The minimum atomic E-state index is -0.527. The number of anilines is 2. The molecule has 46 heavy (non-hydrogen) atoms. The molecular formula is C34H36N8O4. The summed E-state index contributed by atoms with van der Waals surface area (Å²) in [5.74, 6) is -0.794. The van der Waals surface area contributed by atoms with Gasteiger partial charge in [-0.05, 0) is 61.1 Å². The molecule has 0 radical (unpaired) electrons. The van der Waals surface area contributed by atoms with Crippen molar-refractivity contribution in [3.05, 3.63) is 96.1 Å². The number of aromatic nitrogens is 4. The zero-order valence-corrected chi connectivity index (χ0v) is 25.8. The Morgan fingerprint density at radius 3 is 1.39 bits per heavy atom. The number of imidazole rings is 2. The lowest BCUT2D eigenvalue weighted by atomic mass is 10.1. The third kappa shape index (κ3) is 6.46. The smallest absolute Gasteiger partial charge is 0.272 e. The molecule has 2 saturated heterocycles. The average Bonchev–Trinajstić information content (AvgIpc) is 3.88. The molecule has 12 nitrogen and oxygen atoms in total. The number of nitrogens with zero attached hydrogens (tertiary/aromatic N) is 6. The van der Waals surface area contributed by atoms with Crippen LogP contribution in [-0.2, 0) is 23.7 Å². The van der Waals surface area contributed by atoms with Crippen molar-refractivity contribution >= 4 is 47.2 Å². The molecule has 2 aliphatic heterocycles. The van der Waals surface area contributed by atoms with Crippen molar-refractivity contribution in [1.82, 2.24) is 28.9 Å². The number of rotatable bonds is 8. The number of amides is 4. The Hall–Kier alpha value is -5.52. The van der Waals surface area contributed by atoms with Gasteiger partial charge in [-0.3, -0.25) is 19.2 Å². The summed E-state index contributed by atoms with van der Waals surface area (Å²) in [6, 6.07) is 13.9.